The Morgan fingerprint density at radius 2 is 1.64 bits per heavy atom. The van der Waals surface area contributed by atoms with Crippen LogP contribution in [-0.4, -0.2) is 36.4 Å². The van der Waals surface area contributed by atoms with Crippen molar-refractivity contribution in [1.29, 1.82) is 0 Å². The molecule has 0 aromatic carbocycles. The summed E-state index contributed by atoms with van der Waals surface area (Å²) in [6, 6.07) is 0. The summed E-state index contributed by atoms with van der Waals surface area (Å²) < 4.78 is 10.8. The maximum absolute atomic E-state index is 13.9. The summed E-state index contributed by atoms with van der Waals surface area (Å²) in [5, 5.41) is 11.0. The first kappa shape index (κ1) is 29.1. The summed E-state index contributed by atoms with van der Waals surface area (Å²) in [5.74, 6) is 1.54. The SMILES string of the molecule is CCOC(=O)COC(=O)[C@]12CC[C@@H](C)[C@H](C)C1C1=CCC3[C@@]4(C)CC[C@H](O)C(C)(C)[C@@H]4CC[C@@]3(C)[C@]1(C)CC2. The second kappa shape index (κ2) is 9.60. The van der Waals surface area contributed by atoms with E-state index < -0.39 is 11.4 Å². The Labute approximate surface area is 236 Å². The number of hydrogen-bond acceptors (Lipinski definition) is 5. The molecule has 220 valence electrons. The van der Waals surface area contributed by atoms with Gasteiger partial charge < -0.3 is 14.6 Å². The fraction of sp³-hybridized carbons (Fsp3) is 0.882. The van der Waals surface area contributed by atoms with Gasteiger partial charge in [0.25, 0.3) is 0 Å². The van der Waals surface area contributed by atoms with Crippen LogP contribution in [-0.2, 0) is 19.1 Å². The zero-order valence-corrected chi connectivity index (χ0v) is 25.9. The molecule has 5 rings (SSSR count). The molecule has 39 heavy (non-hydrogen) atoms. The van der Waals surface area contributed by atoms with Gasteiger partial charge in [-0.15, -0.1) is 0 Å². The number of allylic oxidation sites excluding steroid dienone is 2. The van der Waals surface area contributed by atoms with Gasteiger partial charge in [-0.1, -0.05) is 60.1 Å². The summed E-state index contributed by atoms with van der Waals surface area (Å²) in [5.41, 5.74) is 1.30. The molecular formula is C34H54O5. The number of ether oxygens (including phenoxy) is 2. The Kier molecular flexibility index (Phi) is 7.17. The lowest BCUT2D eigenvalue weighted by Gasteiger charge is -2.71. The van der Waals surface area contributed by atoms with Gasteiger partial charge in [0.2, 0.25) is 0 Å². The van der Waals surface area contributed by atoms with E-state index in [-0.39, 0.29) is 46.3 Å². The van der Waals surface area contributed by atoms with E-state index in [1.54, 1.807) is 6.92 Å². The van der Waals surface area contributed by atoms with Crippen LogP contribution in [0.3, 0.4) is 0 Å². The van der Waals surface area contributed by atoms with Crippen molar-refractivity contribution in [2.45, 2.75) is 119 Å². The molecule has 0 bridgehead atoms. The third kappa shape index (κ3) is 3.94. The average Bonchev–Trinajstić information content (AvgIpc) is 2.88. The minimum atomic E-state index is -0.551. The number of rotatable bonds is 4. The maximum Gasteiger partial charge on any atom is 0.344 e. The Morgan fingerprint density at radius 3 is 2.33 bits per heavy atom. The van der Waals surface area contributed by atoms with Crippen molar-refractivity contribution in [1.82, 2.24) is 0 Å². The predicted molar refractivity (Wildman–Crippen MR) is 153 cm³/mol. The van der Waals surface area contributed by atoms with Gasteiger partial charge in [0.15, 0.2) is 6.61 Å². The highest BCUT2D eigenvalue weighted by Gasteiger charge is 2.69. The van der Waals surface area contributed by atoms with Gasteiger partial charge in [-0.2, -0.15) is 0 Å². The molecule has 0 heterocycles. The van der Waals surface area contributed by atoms with Crippen LogP contribution >= 0.6 is 0 Å². The van der Waals surface area contributed by atoms with E-state index in [2.05, 4.69) is 54.5 Å². The molecule has 5 nitrogen and oxygen atoms in total. The Hall–Kier alpha value is -1.36. The highest BCUT2D eigenvalue weighted by atomic mass is 16.6. The molecular weight excluding hydrogens is 488 g/mol. The molecule has 4 saturated carbocycles. The molecule has 10 atom stereocenters. The quantitative estimate of drug-likeness (QED) is 0.303. The normalized spacial score (nSPS) is 48.4. The van der Waals surface area contributed by atoms with Crippen molar-refractivity contribution in [3.8, 4) is 0 Å². The van der Waals surface area contributed by atoms with Crippen molar-refractivity contribution < 1.29 is 24.2 Å². The van der Waals surface area contributed by atoms with Crippen molar-refractivity contribution >= 4 is 11.9 Å². The number of aliphatic hydroxyl groups is 1. The van der Waals surface area contributed by atoms with E-state index in [9.17, 15) is 14.7 Å². The van der Waals surface area contributed by atoms with Gasteiger partial charge in [-0.3, -0.25) is 4.79 Å². The monoisotopic (exact) mass is 542 g/mol. The van der Waals surface area contributed by atoms with Crippen LogP contribution in [0.5, 0.6) is 0 Å². The Balaban J connectivity index is 1.53. The summed E-state index contributed by atoms with van der Waals surface area (Å²) in [6.07, 6.45) is 11.4. The topological polar surface area (TPSA) is 72.8 Å². The van der Waals surface area contributed by atoms with E-state index in [1.165, 1.54) is 18.4 Å². The van der Waals surface area contributed by atoms with Gasteiger partial charge in [0.1, 0.15) is 0 Å². The van der Waals surface area contributed by atoms with Gasteiger partial charge in [0.05, 0.1) is 18.1 Å². The zero-order chi connectivity index (χ0) is 28.6. The first-order chi connectivity index (χ1) is 18.2. The number of fused-ring (bicyclic) bond motifs is 7. The zero-order valence-electron chi connectivity index (χ0n) is 25.9. The van der Waals surface area contributed by atoms with Crippen molar-refractivity contribution in [3.63, 3.8) is 0 Å². The molecule has 0 saturated heterocycles. The van der Waals surface area contributed by atoms with E-state index >= 15 is 0 Å². The van der Waals surface area contributed by atoms with Crippen LogP contribution in [0.15, 0.2) is 11.6 Å². The molecule has 0 amide bonds. The second-order valence-electron chi connectivity index (χ2n) is 15.6. The number of aliphatic hydroxyl groups excluding tert-OH is 1. The molecule has 0 aromatic rings. The molecule has 5 aliphatic carbocycles. The van der Waals surface area contributed by atoms with Crippen LogP contribution < -0.4 is 0 Å². The first-order valence-corrected chi connectivity index (χ1v) is 15.9. The van der Waals surface area contributed by atoms with Crippen molar-refractivity contribution in [3.05, 3.63) is 11.6 Å². The Morgan fingerprint density at radius 1 is 0.923 bits per heavy atom. The number of esters is 2. The van der Waals surface area contributed by atoms with Crippen LogP contribution in [0, 0.1) is 56.7 Å². The third-order valence-electron chi connectivity index (χ3n) is 14.0. The van der Waals surface area contributed by atoms with E-state index in [0.717, 1.165) is 44.9 Å². The lowest BCUT2D eigenvalue weighted by molar-refractivity contribution is -0.207. The molecule has 1 N–H and O–H groups in total. The minimum absolute atomic E-state index is 0.0327. The fourth-order valence-corrected chi connectivity index (χ4v) is 11.3. The molecule has 4 fully saturated rings. The number of carbonyl (C=O) groups excluding carboxylic acids is 2. The number of carbonyl (C=O) groups is 2. The van der Waals surface area contributed by atoms with Gasteiger partial charge in [0, 0.05) is 0 Å². The molecule has 5 heteroatoms. The third-order valence-corrected chi connectivity index (χ3v) is 14.0. The van der Waals surface area contributed by atoms with E-state index in [4.69, 9.17) is 9.47 Å². The second-order valence-corrected chi connectivity index (χ2v) is 15.6. The van der Waals surface area contributed by atoms with Crippen molar-refractivity contribution in [2.75, 3.05) is 13.2 Å². The smallest absolute Gasteiger partial charge is 0.344 e. The summed E-state index contributed by atoms with van der Waals surface area (Å²) in [4.78, 5) is 26.0. The summed E-state index contributed by atoms with van der Waals surface area (Å²) in [7, 11) is 0. The highest BCUT2D eigenvalue weighted by Crippen LogP contribution is 2.75. The minimum Gasteiger partial charge on any atom is -0.463 e. The predicted octanol–water partition coefficient (Wildman–Crippen LogP) is 7.11. The van der Waals surface area contributed by atoms with E-state index in [1.807, 2.05) is 0 Å². The summed E-state index contributed by atoms with van der Waals surface area (Å²) >= 11 is 0. The van der Waals surface area contributed by atoms with Gasteiger partial charge in [-0.25, -0.2) is 4.79 Å². The van der Waals surface area contributed by atoms with Crippen molar-refractivity contribution in [2.24, 2.45) is 56.7 Å². The molecule has 2 unspecified atom stereocenters. The number of hydrogen-bond donors (Lipinski definition) is 1. The summed E-state index contributed by atoms with van der Waals surface area (Å²) in [6.45, 7) is 18.7. The van der Waals surface area contributed by atoms with Crippen LogP contribution in [0.25, 0.3) is 0 Å². The van der Waals surface area contributed by atoms with Crippen LogP contribution in [0.2, 0.25) is 0 Å². The van der Waals surface area contributed by atoms with Crippen LogP contribution in [0.4, 0.5) is 0 Å². The van der Waals surface area contributed by atoms with Gasteiger partial charge >= 0.3 is 11.9 Å². The average molecular weight is 543 g/mol. The largest absolute Gasteiger partial charge is 0.463 e. The molecule has 0 aromatic heterocycles. The first-order valence-electron chi connectivity index (χ1n) is 15.9. The molecule has 0 spiro atoms. The standard InChI is InChI=1S/C34H54O5/c1-9-38-27(36)20-39-29(37)34-17-12-21(2)22(3)28(34)23-10-11-25-31(6)15-14-26(35)30(4,5)24(31)13-16-33(25,8)32(23,7)18-19-34/h10,21-22,24-26,28,35H,9,11-20H2,1-8H3/t21-,22+,24+,25?,26+,28?,31+,32-,33-,34+/m1/s1. The van der Waals surface area contributed by atoms with Gasteiger partial charge in [-0.05, 0) is 116 Å². The fourth-order valence-electron chi connectivity index (χ4n) is 11.3. The lowest BCUT2D eigenvalue weighted by atomic mass is 9.33. The molecule has 0 radical (unpaired) electrons. The maximum atomic E-state index is 13.9. The Bertz CT molecular complexity index is 1030. The lowest BCUT2D eigenvalue weighted by Crippen LogP contribution is -2.65. The molecule has 5 aliphatic rings. The van der Waals surface area contributed by atoms with E-state index in [0.29, 0.717) is 30.3 Å². The molecule has 0 aliphatic heterocycles. The van der Waals surface area contributed by atoms with Crippen LogP contribution in [0.1, 0.15) is 113 Å². The highest BCUT2D eigenvalue weighted by molar-refractivity contribution is 5.82.